The number of hydrogen-bond acceptors (Lipinski definition) is 11. The number of rotatable bonds is 7. The van der Waals surface area contributed by atoms with Gasteiger partial charge in [-0.25, -0.2) is 15.0 Å². The number of nitrogens with zero attached hydrogens (tertiary/aromatic N) is 4. The maximum absolute atomic E-state index is 11.8. The molecule has 1 fully saturated rings. The second-order valence-corrected chi connectivity index (χ2v) is 7.20. The standard InChI is InChI=1S/C14H16BrN5O6S/c15-1-5(22)6(23)3-27-14-19-8-11(16)17-4-18-12(8)20(14)13-10(25)9(24)7(2-21)26-13/h4,7,9-10,13,21,24-25H,1-3H2,(H2,16,17,18)/t7-,9?,10?,13-/m1/s1. The van der Waals surface area contributed by atoms with Gasteiger partial charge >= 0.3 is 0 Å². The molecule has 2 aromatic rings. The molecule has 0 bridgehead atoms. The van der Waals surface area contributed by atoms with Gasteiger partial charge in [-0.1, -0.05) is 27.7 Å². The van der Waals surface area contributed by atoms with Crippen molar-refractivity contribution < 1.29 is 29.6 Å². The molecule has 0 spiro atoms. The molecule has 0 aliphatic carbocycles. The summed E-state index contributed by atoms with van der Waals surface area (Å²) < 4.78 is 6.91. The molecule has 11 nitrogen and oxygen atoms in total. The maximum atomic E-state index is 11.8. The molecule has 0 aromatic carbocycles. The van der Waals surface area contributed by atoms with Gasteiger partial charge in [0.1, 0.15) is 24.6 Å². The highest BCUT2D eigenvalue weighted by molar-refractivity contribution is 9.09. The normalized spacial score (nSPS) is 25.2. The van der Waals surface area contributed by atoms with E-state index < -0.39 is 42.7 Å². The van der Waals surface area contributed by atoms with Crippen LogP contribution < -0.4 is 5.73 Å². The number of halogens is 1. The Kier molecular flexibility index (Phi) is 6.08. The zero-order valence-electron chi connectivity index (χ0n) is 13.7. The Hall–Kier alpha value is -1.64. The summed E-state index contributed by atoms with van der Waals surface area (Å²) in [5.74, 6) is -1.32. The first-order chi connectivity index (χ1) is 12.9. The molecule has 4 atom stereocenters. The first-order valence-corrected chi connectivity index (χ1v) is 9.85. The molecule has 0 radical (unpaired) electrons. The Labute approximate surface area is 165 Å². The fourth-order valence-electron chi connectivity index (χ4n) is 2.62. The van der Waals surface area contributed by atoms with E-state index in [1.807, 2.05) is 0 Å². The third-order valence-electron chi connectivity index (χ3n) is 4.01. The summed E-state index contributed by atoms with van der Waals surface area (Å²) in [5.41, 5.74) is 6.26. The second kappa shape index (κ2) is 8.16. The lowest BCUT2D eigenvalue weighted by atomic mass is 10.1. The van der Waals surface area contributed by atoms with Crippen molar-refractivity contribution in [2.24, 2.45) is 0 Å². The minimum Gasteiger partial charge on any atom is -0.394 e. The topological polar surface area (TPSA) is 174 Å². The summed E-state index contributed by atoms with van der Waals surface area (Å²) in [6.45, 7) is -0.501. The predicted molar refractivity (Wildman–Crippen MR) is 97.3 cm³/mol. The Morgan fingerprint density at radius 1 is 1.30 bits per heavy atom. The summed E-state index contributed by atoms with van der Waals surface area (Å²) in [5, 5.41) is 29.8. The van der Waals surface area contributed by atoms with Crippen molar-refractivity contribution in [2.75, 3.05) is 23.4 Å². The number of anilines is 1. The van der Waals surface area contributed by atoms with Crippen molar-refractivity contribution in [2.45, 2.75) is 29.7 Å². The van der Waals surface area contributed by atoms with E-state index >= 15 is 0 Å². The van der Waals surface area contributed by atoms with E-state index in [0.29, 0.717) is 0 Å². The van der Waals surface area contributed by atoms with Gasteiger partial charge in [0.2, 0.25) is 11.6 Å². The van der Waals surface area contributed by atoms with Gasteiger partial charge in [-0.05, 0) is 0 Å². The van der Waals surface area contributed by atoms with Crippen LogP contribution in [0.3, 0.4) is 0 Å². The van der Waals surface area contributed by atoms with Crippen LogP contribution in [0.4, 0.5) is 5.82 Å². The van der Waals surface area contributed by atoms with Gasteiger partial charge in [-0.2, -0.15) is 0 Å². The largest absolute Gasteiger partial charge is 0.394 e. The molecule has 3 heterocycles. The number of Topliss-reactive ketones (excluding diaryl/α,β-unsaturated/α-hetero) is 2. The summed E-state index contributed by atoms with van der Waals surface area (Å²) >= 11 is 3.87. The van der Waals surface area contributed by atoms with Gasteiger partial charge in [0.15, 0.2) is 28.4 Å². The van der Waals surface area contributed by atoms with E-state index in [9.17, 15) is 24.9 Å². The summed E-state index contributed by atoms with van der Waals surface area (Å²) in [6, 6.07) is 0. The average molecular weight is 462 g/mol. The van der Waals surface area contributed by atoms with E-state index in [1.165, 1.54) is 10.9 Å². The van der Waals surface area contributed by atoms with Crippen molar-refractivity contribution in [3.8, 4) is 0 Å². The fraction of sp³-hybridized carbons (Fsp3) is 0.500. The van der Waals surface area contributed by atoms with E-state index in [0.717, 1.165) is 11.8 Å². The number of ketones is 2. The molecular formula is C14H16BrN5O6S. The molecule has 1 aliphatic rings. The van der Waals surface area contributed by atoms with Gasteiger partial charge in [0.05, 0.1) is 17.7 Å². The highest BCUT2D eigenvalue weighted by Gasteiger charge is 2.45. The minimum atomic E-state index is -1.38. The third-order valence-corrected chi connectivity index (χ3v) is 5.47. The van der Waals surface area contributed by atoms with Crippen LogP contribution in [0.25, 0.3) is 11.2 Å². The molecule has 1 saturated heterocycles. The van der Waals surface area contributed by atoms with E-state index in [-0.39, 0.29) is 33.2 Å². The Balaban J connectivity index is 2.01. The zero-order valence-corrected chi connectivity index (χ0v) is 16.1. The lowest BCUT2D eigenvalue weighted by Crippen LogP contribution is -2.33. The number of thioether (sulfide) groups is 1. The van der Waals surface area contributed by atoms with Crippen LogP contribution in [0.2, 0.25) is 0 Å². The smallest absolute Gasteiger partial charge is 0.209 e. The number of aliphatic hydroxyl groups excluding tert-OH is 3. The fourth-order valence-corrected chi connectivity index (χ4v) is 3.84. The minimum absolute atomic E-state index is 0.0789. The first kappa shape index (κ1) is 20.1. The first-order valence-electron chi connectivity index (χ1n) is 7.74. The van der Waals surface area contributed by atoms with Gasteiger partial charge in [-0.15, -0.1) is 0 Å². The summed E-state index contributed by atoms with van der Waals surface area (Å²) in [6.07, 6.45) is -3.64. The van der Waals surface area contributed by atoms with Crippen molar-refractivity contribution in [1.82, 2.24) is 19.5 Å². The van der Waals surface area contributed by atoms with Crippen LogP contribution >= 0.6 is 27.7 Å². The van der Waals surface area contributed by atoms with Crippen LogP contribution in [-0.4, -0.2) is 82.4 Å². The van der Waals surface area contributed by atoms with Crippen LogP contribution in [0.15, 0.2) is 11.5 Å². The number of ether oxygens (including phenoxy) is 1. The molecule has 0 amide bonds. The number of aliphatic hydroxyl groups is 3. The summed E-state index contributed by atoms with van der Waals surface area (Å²) in [4.78, 5) is 35.5. The molecule has 13 heteroatoms. The zero-order chi connectivity index (χ0) is 19.7. The summed E-state index contributed by atoms with van der Waals surface area (Å²) in [7, 11) is 0. The number of alkyl halides is 1. The molecule has 2 unspecified atom stereocenters. The van der Waals surface area contributed by atoms with E-state index in [4.69, 9.17) is 10.5 Å². The number of nitrogens with two attached hydrogens (primary N) is 1. The molecule has 5 N–H and O–H groups in total. The van der Waals surface area contributed by atoms with Crippen molar-refractivity contribution in [1.29, 1.82) is 0 Å². The molecule has 27 heavy (non-hydrogen) atoms. The van der Waals surface area contributed by atoms with Gasteiger partial charge < -0.3 is 25.8 Å². The van der Waals surface area contributed by atoms with Crippen LogP contribution in [0, 0.1) is 0 Å². The lowest BCUT2D eigenvalue weighted by Gasteiger charge is -2.18. The molecule has 146 valence electrons. The molecular weight excluding hydrogens is 446 g/mol. The quantitative estimate of drug-likeness (QED) is 0.218. The van der Waals surface area contributed by atoms with Gasteiger partial charge in [-0.3, -0.25) is 14.2 Å². The Morgan fingerprint density at radius 2 is 2.04 bits per heavy atom. The third kappa shape index (κ3) is 3.70. The second-order valence-electron chi connectivity index (χ2n) is 5.69. The highest BCUT2D eigenvalue weighted by atomic mass is 79.9. The number of carbonyl (C=O) groups excluding carboxylic acids is 2. The lowest BCUT2D eigenvalue weighted by molar-refractivity contribution is -0.133. The van der Waals surface area contributed by atoms with Crippen LogP contribution in [0.5, 0.6) is 0 Å². The number of fused-ring (bicyclic) bond motifs is 1. The SMILES string of the molecule is Nc1ncnc2c1nc(SCC(=O)C(=O)CBr)n2[C@@H]1O[C@H](CO)C(O)C1O. The molecule has 3 rings (SSSR count). The molecule has 2 aromatic heterocycles. The van der Waals surface area contributed by atoms with Crippen molar-refractivity contribution >= 4 is 56.2 Å². The van der Waals surface area contributed by atoms with Crippen molar-refractivity contribution in [3.05, 3.63) is 6.33 Å². The monoisotopic (exact) mass is 461 g/mol. The van der Waals surface area contributed by atoms with Crippen molar-refractivity contribution in [3.63, 3.8) is 0 Å². The number of imidazole rings is 1. The van der Waals surface area contributed by atoms with Gasteiger partial charge in [0.25, 0.3) is 0 Å². The Bertz CT molecular complexity index is 879. The predicted octanol–water partition coefficient (Wildman–Crippen LogP) is -1.35. The highest BCUT2D eigenvalue weighted by Crippen LogP contribution is 2.36. The molecule has 1 aliphatic heterocycles. The van der Waals surface area contributed by atoms with Crippen LogP contribution in [-0.2, 0) is 14.3 Å². The van der Waals surface area contributed by atoms with E-state index in [1.54, 1.807) is 0 Å². The number of aromatic nitrogens is 4. The van der Waals surface area contributed by atoms with E-state index in [2.05, 4.69) is 30.9 Å². The average Bonchev–Trinajstić information content (AvgIpc) is 3.17. The number of carbonyl (C=O) groups is 2. The molecule has 0 saturated carbocycles. The number of hydrogen-bond donors (Lipinski definition) is 4. The Morgan fingerprint density at radius 3 is 2.67 bits per heavy atom. The number of nitrogen functional groups attached to an aromatic ring is 1. The van der Waals surface area contributed by atoms with Crippen LogP contribution in [0.1, 0.15) is 6.23 Å². The van der Waals surface area contributed by atoms with Gasteiger partial charge in [0, 0.05) is 0 Å². The maximum Gasteiger partial charge on any atom is 0.209 e.